The molecule has 0 aromatic heterocycles. The van der Waals surface area contributed by atoms with Crippen LogP contribution in [0.4, 0.5) is 0 Å². The fourth-order valence-electron chi connectivity index (χ4n) is 4.98. The van der Waals surface area contributed by atoms with Crippen LogP contribution in [-0.4, -0.2) is 35.1 Å². The molecule has 1 heterocycles. The molecule has 1 aliphatic heterocycles. The van der Waals surface area contributed by atoms with Gasteiger partial charge in [-0.1, -0.05) is 47.5 Å². The van der Waals surface area contributed by atoms with Crippen LogP contribution in [-0.2, 0) is 0 Å². The monoisotopic (exact) mass is 294 g/mol. The largest absolute Gasteiger partial charge is 0.308 e. The van der Waals surface area contributed by atoms with Crippen molar-refractivity contribution in [3.8, 4) is 0 Å². The van der Waals surface area contributed by atoms with Crippen LogP contribution in [0.1, 0.15) is 80.6 Å². The van der Waals surface area contributed by atoms with Crippen LogP contribution < -0.4 is 5.32 Å². The van der Waals surface area contributed by atoms with E-state index in [0.717, 1.165) is 5.92 Å². The van der Waals surface area contributed by atoms with Crippen molar-refractivity contribution in [1.29, 1.82) is 0 Å². The Bertz CT molecular complexity index is 345. The van der Waals surface area contributed by atoms with Gasteiger partial charge in [0.05, 0.1) is 0 Å². The highest BCUT2D eigenvalue weighted by molar-refractivity contribution is 5.05. The molecule has 2 nitrogen and oxygen atoms in total. The first-order chi connectivity index (χ1) is 9.55. The van der Waals surface area contributed by atoms with Crippen LogP contribution >= 0.6 is 0 Å². The molecule has 1 N–H and O–H groups in total. The quantitative estimate of drug-likeness (QED) is 0.827. The smallest absolute Gasteiger partial charge is 0.0309 e. The molecular weight excluding hydrogens is 256 g/mol. The van der Waals surface area contributed by atoms with E-state index in [9.17, 15) is 0 Å². The number of hydrogen-bond acceptors (Lipinski definition) is 2. The van der Waals surface area contributed by atoms with Crippen LogP contribution in [0, 0.1) is 11.3 Å². The van der Waals surface area contributed by atoms with Gasteiger partial charge in [-0.3, -0.25) is 4.90 Å². The van der Waals surface area contributed by atoms with E-state index in [1.165, 1.54) is 45.2 Å². The fourth-order valence-corrected chi connectivity index (χ4v) is 4.98. The average Bonchev–Trinajstić information content (AvgIpc) is 2.74. The molecule has 2 rings (SSSR count). The minimum Gasteiger partial charge on any atom is -0.308 e. The number of nitrogens with one attached hydrogen (secondary N) is 1. The summed E-state index contributed by atoms with van der Waals surface area (Å²) in [5, 5.41) is 3.95. The number of nitrogens with zero attached hydrogens (tertiary/aromatic N) is 1. The zero-order valence-electron chi connectivity index (χ0n) is 15.6. The summed E-state index contributed by atoms with van der Waals surface area (Å²) in [6.45, 7) is 19.3. The summed E-state index contributed by atoms with van der Waals surface area (Å²) in [6, 6.07) is 0.675. The molecule has 0 radical (unpaired) electrons. The summed E-state index contributed by atoms with van der Waals surface area (Å²) in [5.74, 6) is 0.718. The second-order valence-corrected chi connectivity index (χ2v) is 9.86. The molecule has 0 amide bonds. The van der Waals surface area contributed by atoms with E-state index in [-0.39, 0.29) is 5.54 Å². The number of hydrogen-bond donors (Lipinski definition) is 1. The normalized spacial score (nSPS) is 27.7. The molecule has 1 unspecified atom stereocenters. The molecule has 1 aliphatic carbocycles. The van der Waals surface area contributed by atoms with Gasteiger partial charge >= 0.3 is 0 Å². The van der Waals surface area contributed by atoms with Crippen molar-refractivity contribution in [1.82, 2.24) is 10.2 Å². The Balaban J connectivity index is 2.21. The van der Waals surface area contributed by atoms with Gasteiger partial charge in [0.1, 0.15) is 0 Å². The van der Waals surface area contributed by atoms with Gasteiger partial charge in [-0.15, -0.1) is 0 Å². The lowest BCUT2D eigenvalue weighted by atomic mass is 9.77. The van der Waals surface area contributed by atoms with Gasteiger partial charge in [-0.2, -0.15) is 0 Å². The third-order valence-electron chi connectivity index (χ3n) is 5.63. The molecule has 0 aromatic carbocycles. The SMILES string of the molecule is CC(C)C1CNC2(CCCC2)CN1C(C)(C)CC(C)(C)C. The zero-order valence-corrected chi connectivity index (χ0v) is 15.6. The van der Waals surface area contributed by atoms with E-state index in [1.54, 1.807) is 0 Å². The lowest BCUT2D eigenvalue weighted by Gasteiger charge is -2.55. The molecule has 0 aromatic rings. The molecule has 2 fully saturated rings. The van der Waals surface area contributed by atoms with Crippen LogP contribution in [0.25, 0.3) is 0 Å². The number of piperazine rings is 1. The molecule has 2 heteroatoms. The van der Waals surface area contributed by atoms with Gasteiger partial charge in [0.2, 0.25) is 0 Å². The highest BCUT2D eigenvalue weighted by Gasteiger charge is 2.46. The first kappa shape index (κ1) is 17.3. The van der Waals surface area contributed by atoms with Gasteiger partial charge in [-0.25, -0.2) is 0 Å². The van der Waals surface area contributed by atoms with E-state index in [0.29, 0.717) is 17.0 Å². The Morgan fingerprint density at radius 2 is 1.67 bits per heavy atom. The summed E-state index contributed by atoms with van der Waals surface area (Å²) in [7, 11) is 0. The molecule has 1 atom stereocenters. The average molecular weight is 295 g/mol. The first-order valence-corrected chi connectivity index (χ1v) is 9.07. The summed E-state index contributed by atoms with van der Waals surface area (Å²) < 4.78 is 0. The van der Waals surface area contributed by atoms with Crippen LogP contribution in [0.2, 0.25) is 0 Å². The maximum absolute atomic E-state index is 3.95. The van der Waals surface area contributed by atoms with Gasteiger partial charge < -0.3 is 5.32 Å². The van der Waals surface area contributed by atoms with E-state index >= 15 is 0 Å². The molecule has 1 spiro atoms. The predicted octanol–water partition coefficient (Wildman–Crippen LogP) is 4.44. The Kier molecular flexibility index (Phi) is 4.81. The molecule has 1 saturated carbocycles. The number of rotatable bonds is 3. The Hall–Kier alpha value is -0.0800. The van der Waals surface area contributed by atoms with Crippen molar-refractivity contribution >= 4 is 0 Å². The second kappa shape index (κ2) is 5.85. The highest BCUT2D eigenvalue weighted by atomic mass is 15.3. The molecule has 0 bridgehead atoms. The summed E-state index contributed by atoms with van der Waals surface area (Å²) in [4.78, 5) is 2.87. The molecule has 1 saturated heterocycles. The van der Waals surface area contributed by atoms with E-state index in [1.807, 2.05) is 0 Å². The Morgan fingerprint density at radius 3 is 2.14 bits per heavy atom. The van der Waals surface area contributed by atoms with Crippen molar-refractivity contribution in [2.45, 2.75) is 97.7 Å². The Labute approximate surface area is 133 Å². The van der Waals surface area contributed by atoms with Crippen molar-refractivity contribution in [2.24, 2.45) is 11.3 Å². The third kappa shape index (κ3) is 4.01. The van der Waals surface area contributed by atoms with E-state index in [2.05, 4.69) is 58.7 Å². The lowest BCUT2D eigenvalue weighted by molar-refractivity contribution is -0.0330. The lowest BCUT2D eigenvalue weighted by Crippen LogP contribution is -2.69. The topological polar surface area (TPSA) is 15.3 Å². The molecule has 2 aliphatic rings. The van der Waals surface area contributed by atoms with Crippen molar-refractivity contribution in [3.63, 3.8) is 0 Å². The van der Waals surface area contributed by atoms with Gasteiger partial charge in [0, 0.05) is 30.2 Å². The fraction of sp³-hybridized carbons (Fsp3) is 1.00. The molecular formula is C19H38N2. The van der Waals surface area contributed by atoms with Gasteiger partial charge in [0.25, 0.3) is 0 Å². The van der Waals surface area contributed by atoms with Crippen LogP contribution in [0.3, 0.4) is 0 Å². The second-order valence-electron chi connectivity index (χ2n) is 9.86. The molecule has 21 heavy (non-hydrogen) atoms. The van der Waals surface area contributed by atoms with Crippen LogP contribution in [0.5, 0.6) is 0 Å². The van der Waals surface area contributed by atoms with Crippen LogP contribution in [0.15, 0.2) is 0 Å². The third-order valence-corrected chi connectivity index (χ3v) is 5.63. The van der Waals surface area contributed by atoms with Crippen molar-refractivity contribution in [3.05, 3.63) is 0 Å². The minimum absolute atomic E-state index is 0.283. The maximum atomic E-state index is 3.95. The Morgan fingerprint density at radius 1 is 1.10 bits per heavy atom. The summed E-state index contributed by atoms with van der Waals surface area (Å²) in [5.41, 5.74) is 1.09. The van der Waals surface area contributed by atoms with Gasteiger partial charge in [-0.05, 0) is 44.4 Å². The highest BCUT2D eigenvalue weighted by Crippen LogP contribution is 2.40. The minimum atomic E-state index is 0.283. The molecule has 124 valence electrons. The maximum Gasteiger partial charge on any atom is 0.0309 e. The standard InChI is InChI=1S/C19H38N2/c1-15(2)16-12-20-19(10-8-9-11-19)14-21(16)18(6,7)13-17(3,4)5/h15-16,20H,8-14H2,1-7H3. The van der Waals surface area contributed by atoms with E-state index in [4.69, 9.17) is 0 Å². The van der Waals surface area contributed by atoms with Crippen molar-refractivity contribution in [2.75, 3.05) is 13.1 Å². The summed E-state index contributed by atoms with van der Waals surface area (Å²) >= 11 is 0. The van der Waals surface area contributed by atoms with Crippen molar-refractivity contribution < 1.29 is 0 Å². The zero-order chi connectivity index (χ0) is 15.9. The summed E-state index contributed by atoms with van der Waals surface area (Å²) in [6.07, 6.45) is 6.83. The van der Waals surface area contributed by atoms with Gasteiger partial charge in [0.15, 0.2) is 0 Å². The predicted molar refractivity (Wildman–Crippen MR) is 92.7 cm³/mol. The first-order valence-electron chi connectivity index (χ1n) is 9.07. The van der Waals surface area contributed by atoms with E-state index < -0.39 is 0 Å².